The van der Waals surface area contributed by atoms with E-state index in [9.17, 15) is 0 Å². The molecule has 0 heterocycles. The van der Waals surface area contributed by atoms with Crippen molar-refractivity contribution in [2.24, 2.45) is 11.8 Å². The lowest BCUT2D eigenvalue weighted by molar-refractivity contribution is 0.265. The first-order chi connectivity index (χ1) is 7.36. The molecule has 80 valence electrons. The minimum Gasteiger partial charge on any atom is -0.396 e. The van der Waals surface area contributed by atoms with Crippen molar-refractivity contribution >= 4 is 0 Å². The van der Waals surface area contributed by atoms with E-state index in [1.54, 1.807) is 0 Å². The maximum Gasteiger partial charge on any atom is 0.0462 e. The first kappa shape index (κ1) is 10.4. The zero-order chi connectivity index (χ0) is 10.7. The number of allylic oxidation sites excluding steroid dienone is 1. The highest BCUT2D eigenvalue weighted by atomic mass is 16.3. The first-order valence-corrected chi connectivity index (χ1v) is 5.63. The normalized spacial score (nSPS) is 25.9. The second-order valence-electron chi connectivity index (χ2n) is 4.38. The Balaban J connectivity index is 2.10. The van der Waals surface area contributed by atoms with Crippen molar-refractivity contribution < 1.29 is 5.11 Å². The van der Waals surface area contributed by atoms with Crippen LogP contribution in [0.25, 0.3) is 0 Å². The third-order valence-electron chi connectivity index (χ3n) is 3.38. The van der Waals surface area contributed by atoms with Crippen molar-refractivity contribution in [1.82, 2.24) is 0 Å². The van der Waals surface area contributed by atoms with Crippen LogP contribution < -0.4 is 0 Å². The summed E-state index contributed by atoms with van der Waals surface area (Å²) in [6.07, 6.45) is 4.18. The molecule has 1 heteroatoms. The van der Waals surface area contributed by atoms with Crippen LogP contribution in [0, 0.1) is 11.8 Å². The molecule has 1 aromatic rings. The number of hydrogen-bond acceptors (Lipinski definition) is 1. The SMILES string of the molecule is C=CCC(c1ccccc1)[C@H]1C[C@@H]1CO. The van der Waals surface area contributed by atoms with Crippen LogP contribution in [0.2, 0.25) is 0 Å². The molecular weight excluding hydrogens is 184 g/mol. The minimum absolute atomic E-state index is 0.338. The molecule has 0 bridgehead atoms. The van der Waals surface area contributed by atoms with Crippen molar-refractivity contribution in [3.05, 3.63) is 48.6 Å². The van der Waals surface area contributed by atoms with E-state index in [1.807, 2.05) is 12.1 Å². The van der Waals surface area contributed by atoms with Gasteiger partial charge in [-0.3, -0.25) is 0 Å². The van der Waals surface area contributed by atoms with Gasteiger partial charge in [0, 0.05) is 6.61 Å². The lowest BCUT2D eigenvalue weighted by Crippen LogP contribution is -2.03. The van der Waals surface area contributed by atoms with Gasteiger partial charge in [0.05, 0.1) is 0 Å². The molecule has 15 heavy (non-hydrogen) atoms. The van der Waals surface area contributed by atoms with E-state index in [4.69, 9.17) is 5.11 Å². The van der Waals surface area contributed by atoms with E-state index in [-0.39, 0.29) is 0 Å². The Morgan fingerprint density at radius 3 is 2.67 bits per heavy atom. The predicted octanol–water partition coefficient (Wildman–Crippen LogP) is 2.97. The number of aliphatic hydroxyl groups excluding tert-OH is 1. The average Bonchev–Trinajstić information content (AvgIpc) is 3.06. The number of hydrogen-bond donors (Lipinski definition) is 1. The molecule has 1 unspecified atom stereocenters. The largest absolute Gasteiger partial charge is 0.396 e. The molecule has 0 saturated heterocycles. The van der Waals surface area contributed by atoms with Crippen molar-refractivity contribution in [3.8, 4) is 0 Å². The summed E-state index contributed by atoms with van der Waals surface area (Å²) >= 11 is 0. The Labute approximate surface area is 91.4 Å². The molecule has 1 aliphatic rings. The van der Waals surface area contributed by atoms with E-state index in [1.165, 1.54) is 12.0 Å². The smallest absolute Gasteiger partial charge is 0.0462 e. The molecular formula is C14H18O. The Bertz CT molecular complexity index is 317. The molecule has 1 fully saturated rings. The van der Waals surface area contributed by atoms with Gasteiger partial charge in [0.15, 0.2) is 0 Å². The summed E-state index contributed by atoms with van der Waals surface area (Å²) in [5.74, 6) is 1.74. The topological polar surface area (TPSA) is 20.2 Å². The Kier molecular flexibility index (Phi) is 3.22. The molecule has 0 amide bonds. The molecule has 0 spiro atoms. The van der Waals surface area contributed by atoms with Crippen LogP contribution in [0.5, 0.6) is 0 Å². The fourth-order valence-electron chi connectivity index (χ4n) is 2.41. The van der Waals surface area contributed by atoms with Crippen molar-refractivity contribution in [2.45, 2.75) is 18.8 Å². The number of rotatable bonds is 5. The molecule has 1 saturated carbocycles. The van der Waals surface area contributed by atoms with Gasteiger partial charge in [0.1, 0.15) is 0 Å². The third kappa shape index (κ3) is 2.29. The van der Waals surface area contributed by atoms with Crippen LogP contribution in [-0.4, -0.2) is 11.7 Å². The van der Waals surface area contributed by atoms with Crippen LogP contribution in [0.15, 0.2) is 43.0 Å². The Hall–Kier alpha value is -1.08. The van der Waals surface area contributed by atoms with Gasteiger partial charge in [-0.25, -0.2) is 0 Å². The average molecular weight is 202 g/mol. The zero-order valence-electron chi connectivity index (χ0n) is 8.97. The fourth-order valence-corrected chi connectivity index (χ4v) is 2.41. The van der Waals surface area contributed by atoms with Crippen LogP contribution in [0.3, 0.4) is 0 Å². The number of benzene rings is 1. The first-order valence-electron chi connectivity index (χ1n) is 5.63. The predicted molar refractivity (Wildman–Crippen MR) is 62.7 cm³/mol. The van der Waals surface area contributed by atoms with Crippen molar-refractivity contribution in [1.29, 1.82) is 0 Å². The highest BCUT2D eigenvalue weighted by Crippen LogP contribution is 2.49. The van der Waals surface area contributed by atoms with Gasteiger partial charge < -0.3 is 5.11 Å². The van der Waals surface area contributed by atoms with Gasteiger partial charge in [-0.2, -0.15) is 0 Å². The van der Waals surface area contributed by atoms with Crippen LogP contribution in [0.4, 0.5) is 0 Å². The summed E-state index contributed by atoms with van der Waals surface area (Å²) in [7, 11) is 0. The molecule has 1 aromatic carbocycles. The molecule has 1 aliphatic carbocycles. The minimum atomic E-state index is 0.338. The standard InChI is InChI=1S/C14H18O/c1-2-6-13(14-9-12(14)10-15)11-7-4-3-5-8-11/h2-5,7-8,12-15H,1,6,9-10H2/t12-,13?,14+/m1/s1. The van der Waals surface area contributed by atoms with Crippen LogP contribution in [0.1, 0.15) is 24.3 Å². The van der Waals surface area contributed by atoms with Gasteiger partial charge in [-0.15, -0.1) is 6.58 Å². The second-order valence-corrected chi connectivity index (χ2v) is 4.38. The summed E-state index contributed by atoms with van der Waals surface area (Å²) in [5, 5.41) is 9.11. The van der Waals surface area contributed by atoms with E-state index < -0.39 is 0 Å². The highest BCUT2D eigenvalue weighted by Gasteiger charge is 2.42. The van der Waals surface area contributed by atoms with Gasteiger partial charge in [-0.1, -0.05) is 36.4 Å². The lowest BCUT2D eigenvalue weighted by atomic mass is 9.90. The molecule has 2 rings (SSSR count). The monoisotopic (exact) mass is 202 g/mol. The van der Waals surface area contributed by atoms with Gasteiger partial charge >= 0.3 is 0 Å². The van der Waals surface area contributed by atoms with Crippen LogP contribution >= 0.6 is 0 Å². The highest BCUT2D eigenvalue weighted by molar-refractivity contribution is 5.23. The summed E-state index contributed by atoms with van der Waals surface area (Å²) in [5.41, 5.74) is 1.39. The summed E-state index contributed by atoms with van der Waals surface area (Å²) in [6.45, 7) is 4.16. The maximum absolute atomic E-state index is 9.11. The molecule has 0 aromatic heterocycles. The van der Waals surface area contributed by atoms with Crippen molar-refractivity contribution in [3.63, 3.8) is 0 Å². The van der Waals surface area contributed by atoms with E-state index in [0.29, 0.717) is 24.4 Å². The van der Waals surface area contributed by atoms with Gasteiger partial charge in [0.2, 0.25) is 0 Å². The molecule has 3 atom stereocenters. The zero-order valence-corrected chi connectivity index (χ0v) is 8.97. The quantitative estimate of drug-likeness (QED) is 0.728. The molecule has 1 nitrogen and oxygen atoms in total. The van der Waals surface area contributed by atoms with Gasteiger partial charge in [0.25, 0.3) is 0 Å². The van der Waals surface area contributed by atoms with Crippen LogP contribution in [-0.2, 0) is 0 Å². The van der Waals surface area contributed by atoms with E-state index >= 15 is 0 Å². The Morgan fingerprint density at radius 1 is 1.40 bits per heavy atom. The molecule has 1 N–H and O–H groups in total. The Morgan fingerprint density at radius 2 is 2.13 bits per heavy atom. The van der Waals surface area contributed by atoms with E-state index in [2.05, 4.69) is 30.8 Å². The summed E-state index contributed by atoms with van der Waals surface area (Å²) < 4.78 is 0. The summed E-state index contributed by atoms with van der Waals surface area (Å²) in [6, 6.07) is 10.6. The molecule has 0 radical (unpaired) electrons. The third-order valence-corrected chi connectivity index (χ3v) is 3.38. The number of aliphatic hydroxyl groups is 1. The van der Waals surface area contributed by atoms with Gasteiger partial charge in [-0.05, 0) is 36.2 Å². The summed E-state index contributed by atoms with van der Waals surface area (Å²) in [4.78, 5) is 0. The fraction of sp³-hybridized carbons (Fsp3) is 0.429. The lowest BCUT2D eigenvalue weighted by Gasteiger charge is -2.15. The second kappa shape index (κ2) is 4.63. The van der Waals surface area contributed by atoms with E-state index in [0.717, 1.165) is 6.42 Å². The molecule has 0 aliphatic heterocycles. The maximum atomic E-state index is 9.11. The van der Waals surface area contributed by atoms with Crippen molar-refractivity contribution in [2.75, 3.05) is 6.61 Å².